The molecule has 0 spiro atoms. The van der Waals surface area contributed by atoms with Crippen molar-refractivity contribution in [2.45, 2.75) is 102 Å². The first kappa shape index (κ1) is 23.4. The minimum absolute atomic E-state index is 0.0394. The molecule has 1 heterocycles. The van der Waals surface area contributed by atoms with Crippen LogP contribution in [0, 0.1) is 0 Å². The van der Waals surface area contributed by atoms with Gasteiger partial charge in [-0.25, -0.2) is 0 Å². The number of rotatable bonds is 14. The van der Waals surface area contributed by atoms with Crippen LogP contribution >= 0.6 is 0 Å². The fourth-order valence-corrected chi connectivity index (χ4v) is 4.17. The van der Waals surface area contributed by atoms with Gasteiger partial charge in [-0.3, -0.25) is 4.79 Å². The SMILES string of the molecule is CCCCCCCCCCCCC[C@]1(O)C[N+](C)(C)C[C@@H](CC(=O)O)O1. The fourth-order valence-electron chi connectivity index (χ4n) is 4.17. The van der Waals surface area contributed by atoms with Crippen molar-refractivity contribution in [3.63, 3.8) is 0 Å². The predicted octanol–water partition coefficient (Wildman–Crippen LogP) is 4.33. The van der Waals surface area contributed by atoms with Gasteiger partial charge in [0, 0.05) is 6.42 Å². The molecule has 5 heteroatoms. The molecule has 0 saturated carbocycles. The highest BCUT2D eigenvalue weighted by Crippen LogP contribution is 2.29. The van der Waals surface area contributed by atoms with Gasteiger partial charge in [0.15, 0.2) is 0 Å². The van der Waals surface area contributed by atoms with E-state index in [1.165, 1.54) is 57.8 Å². The molecule has 1 saturated heterocycles. The van der Waals surface area contributed by atoms with Gasteiger partial charge in [-0.15, -0.1) is 0 Å². The van der Waals surface area contributed by atoms with Gasteiger partial charge in [0.05, 0.1) is 20.5 Å². The number of carbonyl (C=O) groups is 1. The first-order chi connectivity index (χ1) is 12.3. The maximum absolute atomic E-state index is 11.0. The second-order valence-corrected chi connectivity index (χ2v) is 8.85. The van der Waals surface area contributed by atoms with Crippen molar-refractivity contribution in [3.8, 4) is 0 Å². The van der Waals surface area contributed by atoms with E-state index in [2.05, 4.69) is 6.92 Å². The summed E-state index contributed by atoms with van der Waals surface area (Å²) in [6.07, 6.45) is 14.2. The highest BCUT2D eigenvalue weighted by atomic mass is 16.6. The van der Waals surface area contributed by atoms with Crippen molar-refractivity contribution in [1.29, 1.82) is 0 Å². The maximum Gasteiger partial charge on any atom is 0.306 e. The number of ether oxygens (including phenoxy) is 1. The molecule has 0 aliphatic carbocycles. The molecule has 0 aromatic rings. The number of unbranched alkanes of at least 4 members (excludes halogenated alkanes) is 10. The summed E-state index contributed by atoms with van der Waals surface area (Å²) in [6.45, 7) is 3.41. The van der Waals surface area contributed by atoms with Crippen LogP contribution in [0.25, 0.3) is 0 Å². The summed E-state index contributed by atoms with van der Waals surface area (Å²) in [5.41, 5.74) is 0. The summed E-state index contributed by atoms with van der Waals surface area (Å²) in [5.74, 6) is -2.05. The number of aliphatic hydroxyl groups is 1. The number of hydrogen-bond acceptors (Lipinski definition) is 3. The first-order valence-corrected chi connectivity index (χ1v) is 10.7. The number of likely N-dealkylation sites (N-methyl/N-ethyl adjacent to an activating group) is 1. The molecule has 0 bridgehead atoms. The van der Waals surface area contributed by atoms with Crippen LogP contribution in [0.5, 0.6) is 0 Å². The zero-order valence-electron chi connectivity index (χ0n) is 17.3. The van der Waals surface area contributed by atoms with E-state index in [4.69, 9.17) is 9.84 Å². The third-order valence-corrected chi connectivity index (χ3v) is 5.33. The van der Waals surface area contributed by atoms with Crippen LogP contribution in [0.15, 0.2) is 0 Å². The first-order valence-electron chi connectivity index (χ1n) is 10.7. The Kier molecular flexibility index (Phi) is 10.7. The monoisotopic (exact) mass is 372 g/mol. The summed E-state index contributed by atoms with van der Waals surface area (Å²) >= 11 is 0. The number of carboxylic acids is 1. The van der Waals surface area contributed by atoms with Gasteiger partial charge in [0.25, 0.3) is 0 Å². The maximum atomic E-state index is 11.0. The average molecular weight is 373 g/mol. The Morgan fingerprint density at radius 2 is 1.50 bits per heavy atom. The van der Waals surface area contributed by atoms with E-state index in [0.717, 1.165) is 12.8 Å². The molecule has 5 nitrogen and oxygen atoms in total. The minimum atomic E-state index is -1.18. The van der Waals surface area contributed by atoms with Gasteiger partial charge in [-0.2, -0.15) is 0 Å². The van der Waals surface area contributed by atoms with Crippen molar-refractivity contribution in [2.24, 2.45) is 0 Å². The number of carboxylic acid groups (broad SMARTS) is 1. The Balaban J connectivity index is 2.15. The number of aliphatic carboxylic acids is 1. The van der Waals surface area contributed by atoms with Crippen LogP contribution in [0.4, 0.5) is 0 Å². The topological polar surface area (TPSA) is 66.8 Å². The Morgan fingerprint density at radius 3 is 2.00 bits per heavy atom. The van der Waals surface area contributed by atoms with Gasteiger partial charge in [0.1, 0.15) is 19.2 Å². The Morgan fingerprint density at radius 1 is 1.00 bits per heavy atom. The Hall–Kier alpha value is -0.650. The van der Waals surface area contributed by atoms with Crippen LogP contribution in [-0.2, 0) is 9.53 Å². The van der Waals surface area contributed by atoms with Gasteiger partial charge in [-0.1, -0.05) is 71.1 Å². The molecule has 0 aromatic heterocycles. The molecule has 1 aliphatic rings. The quantitative estimate of drug-likeness (QED) is 0.352. The minimum Gasteiger partial charge on any atom is -0.481 e. The van der Waals surface area contributed by atoms with Gasteiger partial charge in [0.2, 0.25) is 5.79 Å². The van der Waals surface area contributed by atoms with Crippen LogP contribution in [0.2, 0.25) is 0 Å². The molecule has 1 fully saturated rings. The molecule has 0 amide bonds. The lowest BCUT2D eigenvalue weighted by atomic mass is 10.0. The summed E-state index contributed by atoms with van der Waals surface area (Å²) < 4.78 is 6.37. The summed E-state index contributed by atoms with van der Waals surface area (Å²) in [7, 11) is 4.06. The molecule has 0 aromatic carbocycles. The molecule has 1 aliphatic heterocycles. The van der Waals surface area contributed by atoms with E-state index in [9.17, 15) is 9.90 Å². The molecule has 2 N–H and O–H groups in total. The highest BCUT2D eigenvalue weighted by molar-refractivity contribution is 5.67. The fraction of sp³-hybridized carbons (Fsp3) is 0.952. The van der Waals surface area contributed by atoms with E-state index in [1.807, 2.05) is 14.1 Å². The molecule has 26 heavy (non-hydrogen) atoms. The van der Waals surface area contributed by atoms with Crippen molar-refractivity contribution >= 4 is 5.97 Å². The lowest BCUT2D eigenvalue weighted by Gasteiger charge is -2.46. The largest absolute Gasteiger partial charge is 0.481 e. The molecule has 0 radical (unpaired) electrons. The standard InChI is InChI=1S/C21H41NO4/c1-4-5-6-7-8-9-10-11-12-13-14-15-21(25)18-22(2,3)17-19(26-21)16-20(23)24/h19,25H,4-18H2,1-3H3/p+1/t19-,21-/m1/s1. The van der Waals surface area contributed by atoms with Crippen molar-refractivity contribution in [1.82, 2.24) is 0 Å². The normalized spacial score (nSPS) is 25.3. The van der Waals surface area contributed by atoms with E-state index in [0.29, 0.717) is 24.0 Å². The van der Waals surface area contributed by atoms with Gasteiger partial charge in [-0.05, 0) is 6.42 Å². The average Bonchev–Trinajstić information content (AvgIpc) is 2.50. The lowest BCUT2D eigenvalue weighted by molar-refractivity contribution is -0.915. The summed E-state index contributed by atoms with van der Waals surface area (Å²) in [5, 5.41) is 19.8. The number of nitrogens with zero attached hydrogens (tertiary/aromatic N) is 1. The third kappa shape index (κ3) is 10.5. The number of hydrogen-bond donors (Lipinski definition) is 2. The predicted molar refractivity (Wildman–Crippen MR) is 105 cm³/mol. The molecule has 154 valence electrons. The van der Waals surface area contributed by atoms with E-state index in [-0.39, 0.29) is 6.42 Å². The summed E-state index contributed by atoms with van der Waals surface area (Å²) in [4.78, 5) is 11.0. The number of morpholine rings is 1. The molecular formula is C21H42NO4+. The van der Waals surface area contributed by atoms with Crippen LogP contribution < -0.4 is 0 Å². The summed E-state index contributed by atoms with van der Waals surface area (Å²) in [6, 6.07) is 0. The number of quaternary nitrogens is 1. The van der Waals surface area contributed by atoms with Gasteiger partial charge >= 0.3 is 5.97 Å². The zero-order chi connectivity index (χ0) is 19.5. The molecule has 2 atom stereocenters. The highest BCUT2D eigenvalue weighted by Gasteiger charge is 2.45. The third-order valence-electron chi connectivity index (χ3n) is 5.33. The van der Waals surface area contributed by atoms with Crippen molar-refractivity contribution in [3.05, 3.63) is 0 Å². The second-order valence-electron chi connectivity index (χ2n) is 8.85. The Labute approximate surface area is 160 Å². The second kappa shape index (κ2) is 11.9. The van der Waals surface area contributed by atoms with E-state index in [1.54, 1.807) is 0 Å². The van der Waals surface area contributed by atoms with Crippen LogP contribution in [0.3, 0.4) is 0 Å². The zero-order valence-corrected chi connectivity index (χ0v) is 17.3. The van der Waals surface area contributed by atoms with Crippen molar-refractivity contribution in [2.75, 3.05) is 27.2 Å². The van der Waals surface area contributed by atoms with Crippen LogP contribution in [0.1, 0.15) is 90.4 Å². The lowest BCUT2D eigenvalue weighted by Crippen LogP contribution is -2.62. The smallest absolute Gasteiger partial charge is 0.306 e. The van der Waals surface area contributed by atoms with Crippen LogP contribution in [-0.4, -0.2) is 59.7 Å². The van der Waals surface area contributed by atoms with E-state index < -0.39 is 17.9 Å². The van der Waals surface area contributed by atoms with Crippen molar-refractivity contribution < 1.29 is 24.2 Å². The molecule has 1 rings (SSSR count). The molecular weight excluding hydrogens is 330 g/mol. The Bertz CT molecular complexity index is 399. The molecule has 0 unspecified atom stereocenters. The van der Waals surface area contributed by atoms with Gasteiger partial charge < -0.3 is 19.4 Å². The van der Waals surface area contributed by atoms with E-state index >= 15 is 0 Å².